The summed E-state index contributed by atoms with van der Waals surface area (Å²) in [4.78, 5) is 34.2. The second kappa shape index (κ2) is 6.61. The maximum Gasteiger partial charge on any atom is 0.316 e. The van der Waals surface area contributed by atoms with Gasteiger partial charge in [-0.2, -0.15) is 0 Å². The van der Waals surface area contributed by atoms with E-state index in [1.807, 2.05) is 0 Å². The Morgan fingerprint density at radius 3 is 2.32 bits per heavy atom. The van der Waals surface area contributed by atoms with Crippen LogP contribution in [0.25, 0.3) is 0 Å². The molecule has 0 fully saturated rings. The first-order valence-corrected chi connectivity index (χ1v) is 6.53. The average molecular weight is 327 g/mol. The van der Waals surface area contributed by atoms with Gasteiger partial charge in [-0.15, -0.1) is 0 Å². The van der Waals surface area contributed by atoms with Gasteiger partial charge in [-0.05, 0) is 31.9 Å². The van der Waals surface area contributed by atoms with Crippen molar-refractivity contribution >= 4 is 33.5 Å². The number of ether oxygens (including phenoxy) is 1. The van der Waals surface area contributed by atoms with Crippen molar-refractivity contribution < 1.29 is 19.1 Å². The minimum absolute atomic E-state index is 0.0386. The second-order valence-electron chi connectivity index (χ2n) is 4.25. The number of benzene rings is 1. The maximum absolute atomic E-state index is 11.5. The molecule has 0 aliphatic carbocycles. The summed E-state index contributed by atoms with van der Waals surface area (Å²) in [6.45, 7) is 2.84. The largest absolute Gasteiger partial charge is 0.468 e. The highest BCUT2D eigenvalue weighted by molar-refractivity contribution is 9.10. The molecule has 0 aromatic heterocycles. The molecule has 1 aromatic carbocycles. The number of carbonyl (C=O) groups is 3. The molecule has 0 saturated carbocycles. The highest BCUT2D eigenvalue weighted by Gasteiger charge is 2.25. The van der Waals surface area contributed by atoms with Crippen molar-refractivity contribution in [2.75, 3.05) is 7.11 Å². The third-order valence-electron chi connectivity index (χ3n) is 2.86. The molecular weight excluding hydrogens is 312 g/mol. The average Bonchev–Trinajstić information content (AvgIpc) is 2.35. The first-order chi connectivity index (χ1) is 8.86. The van der Waals surface area contributed by atoms with Crippen molar-refractivity contribution in [1.82, 2.24) is 0 Å². The van der Waals surface area contributed by atoms with Gasteiger partial charge in [0.2, 0.25) is 0 Å². The Bertz CT molecular complexity index is 522. The lowest BCUT2D eigenvalue weighted by Gasteiger charge is -2.13. The zero-order valence-electron chi connectivity index (χ0n) is 11.0. The van der Waals surface area contributed by atoms with Crippen LogP contribution in [0.2, 0.25) is 0 Å². The van der Waals surface area contributed by atoms with Crippen molar-refractivity contribution in [1.29, 1.82) is 0 Å². The molecule has 0 amide bonds. The molecule has 1 aromatic rings. The molecule has 19 heavy (non-hydrogen) atoms. The SMILES string of the molecule is COC(=O)C(Cc1ccc(C(C)=O)cc1Br)C(C)=O. The van der Waals surface area contributed by atoms with E-state index in [4.69, 9.17) is 0 Å². The molecule has 1 rings (SSSR count). The van der Waals surface area contributed by atoms with Crippen LogP contribution in [0.5, 0.6) is 0 Å². The van der Waals surface area contributed by atoms with Crippen LogP contribution in [0.3, 0.4) is 0 Å². The minimum Gasteiger partial charge on any atom is -0.468 e. The lowest BCUT2D eigenvalue weighted by Crippen LogP contribution is -2.25. The monoisotopic (exact) mass is 326 g/mol. The topological polar surface area (TPSA) is 60.4 Å². The van der Waals surface area contributed by atoms with Gasteiger partial charge in [-0.25, -0.2) is 0 Å². The van der Waals surface area contributed by atoms with Gasteiger partial charge < -0.3 is 4.74 Å². The Labute approximate surface area is 120 Å². The van der Waals surface area contributed by atoms with E-state index in [-0.39, 0.29) is 18.0 Å². The first-order valence-electron chi connectivity index (χ1n) is 5.74. The Morgan fingerprint density at radius 1 is 1.26 bits per heavy atom. The summed E-state index contributed by atoms with van der Waals surface area (Å²) in [5, 5.41) is 0. The number of esters is 1. The summed E-state index contributed by atoms with van der Waals surface area (Å²) in [5.41, 5.74) is 1.36. The van der Waals surface area contributed by atoms with Crippen LogP contribution >= 0.6 is 15.9 Å². The lowest BCUT2D eigenvalue weighted by atomic mass is 9.95. The lowest BCUT2D eigenvalue weighted by molar-refractivity contribution is -0.148. The fourth-order valence-electron chi connectivity index (χ4n) is 1.69. The van der Waals surface area contributed by atoms with E-state index in [1.54, 1.807) is 18.2 Å². The molecule has 0 aliphatic heterocycles. The fourth-order valence-corrected chi connectivity index (χ4v) is 2.23. The standard InChI is InChI=1S/C14H15BrO4/c1-8(16)10-4-5-11(13(15)7-10)6-12(9(2)17)14(18)19-3/h4-5,7,12H,6H2,1-3H3. The molecule has 0 spiro atoms. The molecule has 0 heterocycles. The minimum atomic E-state index is -0.815. The molecule has 5 heteroatoms. The predicted octanol–water partition coefficient (Wildman–Crippen LogP) is 2.57. The number of hydrogen-bond acceptors (Lipinski definition) is 4. The van der Waals surface area contributed by atoms with Crippen molar-refractivity contribution in [3.8, 4) is 0 Å². The molecule has 1 unspecified atom stereocenters. The van der Waals surface area contributed by atoms with Crippen molar-refractivity contribution in [3.05, 3.63) is 33.8 Å². The maximum atomic E-state index is 11.5. The highest BCUT2D eigenvalue weighted by atomic mass is 79.9. The van der Waals surface area contributed by atoms with E-state index in [2.05, 4.69) is 20.7 Å². The highest BCUT2D eigenvalue weighted by Crippen LogP contribution is 2.23. The number of rotatable bonds is 5. The number of methoxy groups -OCH3 is 1. The molecule has 0 saturated heterocycles. The number of hydrogen-bond donors (Lipinski definition) is 0. The first kappa shape index (κ1) is 15.6. The van der Waals surface area contributed by atoms with Crippen LogP contribution in [0, 0.1) is 5.92 Å². The molecule has 0 aliphatic rings. The van der Waals surface area contributed by atoms with Crippen molar-refractivity contribution in [2.24, 2.45) is 5.92 Å². The van der Waals surface area contributed by atoms with Crippen LogP contribution in [0.15, 0.2) is 22.7 Å². The van der Waals surface area contributed by atoms with Gasteiger partial charge in [0.1, 0.15) is 11.7 Å². The van der Waals surface area contributed by atoms with Gasteiger partial charge >= 0.3 is 5.97 Å². The Balaban J connectivity index is 3.01. The fraction of sp³-hybridized carbons (Fsp3) is 0.357. The summed E-state index contributed by atoms with van der Waals surface area (Å²) in [5.74, 6) is -1.64. The van der Waals surface area contributed by atoms with E-state index < -0.39 is 11.9 Å². The quantitative estimate of drug-likeness (QED) is 0.474. The van der Waals surface area contributed by atoms with E-state index in [0.717, 1.165) is 5.56 Å². The number of ketones is 2. The van der Waals surface area contributed by atoms with Crippen LogP contribution in [-0.4, -0.2) is 24.6 Å². The Hall–Kier alpha value is -1.49. The van der Waals surface area contributed by atoms with Crippen LogP contribution in [-0.2, 0) is 20.7 Å². The van der Waals surface area contributed by atoms with Gasteiger partial charge in [0.15, 0.2) is 5.78 Å². The molecule has 0 radical (unpaired) electrons. The summed E-state index contributed by atoms with van der Waals surface area (Å²) >= 11 is 3.35. The summed E-state index contributed by atoms with van der Waals surface area (Å²) in [7, 11) is 1.26. The Morgan fingerprint density at radius 2 is 1.89 bits per heavy atom. The van der Waals surface area contributed by atoms with E-state index in [1.165, 1.54) is 21.0 Å². The van der Waals surface area contributed by atoms with E-state index >= 15 is 0 Å². The third-order valence-corrected chi connectivity index (χ3v) is 3.60. The smallest absolute Gasteiger partial charge is 0.316 e. The van der Waals surface area contributed by atoms with Crippen LogP contribution in [0.4, 0.5) is 0 Å². The zero-order chi connectivity index (χ0) is 14.6. The molecule has 102 valence electrons. The van der Waals surface area contributed by atoms with Crippen LogP contribution < -0.4 is 0 Å². The zero-order valence-corrected chi connectivity index (χ0v) is 12.6. The van der Waals surface area contributed by atoms with E-state index in [0.29, 0.717) is 10.0 Å². The van der Waals surface area contributed by atoms with E-state index in [9.17, 15) is 14.4 Å². The number of Topliss-reactive ketones (excluding diaryl/α,β-unsaturated/α-hetero) is 2. The number of halogens is 1. The molecule has 0 bridgehead atoms. The Kier molecular flexibility index (Phi) is 5.42. The summed E-state index contributed by atoms with van der Waals surface area (Å²) in [6, 6.07) is 5.10. The van der Waals surface area contributed by atoms with Gasteiger partial charge in [0.25, 0.3) is 0 Å². The molecule has 4 nitrogen and oxygen atoms in total. The van der Waals surface area contributed by atoms with Gasteiger partial charge in [-0.3, -0.25) is 14.4 Å². The third kappa shape index (κ3) is 3.99. The summed E-state index contributed by atoms with van der Waals surface area (Å²) < 4.78 is 5.32. The van der Waals surface area contributed by atoms with Gasteiger partial charge in [-0.1, -0.05) is 28.1 Å². The molecule has 1 atom stereocenters. The van der Waals surface area contributed by atoms with Gasteiger partial charge in [0.05, 0.1) is 7.11 Å². The predicted molar refractivity (Wildman–Crippen MR) is 74.0 cm³/mol. The summed E-state index contributed by atoms with van der Waals surface area (Å²) in [6.07, 6.45) is 0.251. The van der Waals surface area contributed by atoms with Crippen molar-refractivity contribution in [3.63, 3.8) is 0 Å². The number of carbonyl (C=O) groups excluding carboxylic acids is 3. The normalized spacial score (nSPS) is 11.8. The van der Waals surface area contributed by atoms with Gasteiger partial charge in [0, 0.05) is 10.0 Å². The molecule has 0 N–H and O–H groups in total. The molecular formula is C14H15BrO4. The van der Waals surface area contributed by atoms with Crippen LogP contribution in [0.1, 0.15) is 29.8 Å². The second-order valence-corrected chi connectivity index (χ2v) is 5.11. The van der Waals surface area contributed by atoms with Crippen molar-refractivity contribution in [2.45, 2.75) is 20.3 Å².